The Labute approximate surface area is 186 Å². The third-order valence-electron chi connectivity index (χ3n) is 5.40. The first-order valence-corrected chi connectivity index (χ1v) is 12.0. The Morgan fingerprint density at radius 3 is 2.71 bits per heavy atom. The van der Waals surface area contributed by atoms with Crippen molar-refractivity contribution in [2.24, 2.45) is 0 Å². The molecule has 3 aromatic heterocycles. The summed E-state index contributed by atoms with van der Waals surface area (Å²) >= 11 is 3.05. The number of hydrogen-bond donors (Lipinski definition) is 0. The van der Waals surface area contributed by atoms with Crippen LogP contribution >= 0.6 is 23.1 Å². The maximum absolute atomic E-state index is 13.0. The van der Waals surface area contributed by atoms with Crippen molar-refractivity contribution in [2.75, 3.05) is 0 Å². The van der Waals surface area contributed by atoms with Gasteiger partial charge in [0.25, 0.3) is 5.56 Å². The molecule has 31 heavy (non-hydrogen) atoms. The van der Waals surface area contributed by atoms with Crippen molar-refractivity contribution in [3.63, 3.8) is 0 Å². The second kappa shape index (κ2) is 7.98. The minimum atomic E-state index is -0.375. The smallest absolute Gasteiger partial charge is 0.336 e. The largest absolute Gasteiger partial charge is 0.423 e. The van der Waals surface area contributed by atoms with Crippen LogP contribution in [0.25, 0.3) is 32.0 Å². The molecule has 156 valence electrons. The van der Waals surface area contributed by atoms with Crippen LogP contribution in [-0.2, 0) is 18.7 Å². The van der Waals surface area contributed by atoms with Gasteiger partial charge in [0, 0.05) is 28.6 Å². The van der Waals surface area contributed by atoms with E-state index in [0.717, 1.165) is 37.9 Å². The number of aromatic nitrogens is 2. The van der Waals surface area contributed by atoms with Gasteiger partial charge in [-0.1, -0.05) is 49.0 Å². The lowest BCUT2D eigenvalue weighted by Crippen LogP contribution is -2.21. The minimum Gasteiger partial charge on any atom is -0.423 e. The van der Waals surface area contributed by atoms with Crippen molar-refractivity contribution in [1.29, 1.82) is 0 Å². The minimum absolute atomic E-state index is 0.00571. The molecular formula is C24H20N2O3S2. The topological polar surface area (TPSA) is 65.1 Å². The molecular weight excluding hydrogens is 428 g/mol. The predicted octanol–water partition coefficient (Wildman–Crippen LogP) is 5.59. The van der Waals surface area contributed by atoms with Crippen molar-refractivity contribution in [1.82, 2.24) is 9.55 Å². The molecule has 2 aromatic carbocycles. The van der Waals surface area contributed by atoms with E-state index in [1.807, 2.05) is 49.4 Å². The average molecular weight is 449 g/mol. The molecule has 0 saturated carbocycles. The zero-order valence-corrected chi connectivity index (χ0v) is 18.8. The molecule has 0 aliphatic carbocycles. The van der Waals surface area contributed by atoms with E-state index in [0.29, 0.717) is 28.4 Å². The number of hydrogen-bond acceptors (Lipinski definition) is 6. The molecule has 0 aliphatic heterocycles. The van der Waals surface area contributed by atoms with Crippen molar-refractivity contribution < 1.29 is 4.42 Å². The molecule has 0 bridgehead atoms. The van der Waals surface area contributed by atoms with Crippen molar-refractivity contribution >= 4 is 55.1 Å². The Bertz CT molecular complexity index is 1560. The maximum Gasteiger partial charge on any atom is 0.336 e. The lowest BCUT2D eigenvalue weighted by molar-refractivity contribution is 0.560. The Hall–Kier alpha value is -2.90. The van der Waals surface area contributed by atoms with Crippen molar-refractivity contribution in [2.45, 2.75) is 37.7 Å². The second-order valence-corrected chi connectivity index (χ2v) is 9.33. The highest BCUT2D eigenvalue weighted by atomic mass is 32.2. The SMILES string of the molecule is CCc1cc2c(=O)n(CC)c(SCc3cc(=O)oc4ccc5ccccc5c34)nc2s1. The van der Waals surface area contributed by atoms with Gasteiger partial charge in [-0.3, -0.25) is 9.36 Å². The highest BCUT2D eigenvalue weighted by molar-refractivity contribution is 7.98. The third-order valence-corrected chi connectivity index (χ3v) is 7.60. The van der Waals surface area contributed by atoms with Crippen LogP contribution in [0.15, 0.2) is 67.7 Å². The summed E-state index contributed by atoms with van der Waals surface area (Å²) < 4.78 is 7.18. The van der Waals surface area contributed by atoms with Gasteiger partial charge in [0.2, 0.25) is 0 Å². The molecule has 5 aromatic rings. The van der Waals surface area contributed by atoms with E-state index >= 15 is 0 Å². The van der Waals surface area contributed by atoms with Crippen LogP contribution in [0.5, 0.6) is 0 Å². The number of rotatable bonds is 5. The van der Waals surface area contributed by atoms with Gasteiger partial charge in [0.1, 0.15) is 10.4 Å². The number of nitrogens with zero attached hydrogens (tertiary/aromatic N) is 2. The first-order valence-electron chi connectivity index (χ1n) is 10.2. The quantitative estimate of drug-likeness (QED) is 0.152. The molecule has 3 heterocycles. The van der Waals surface area contributed by atoms with Crippen LogP contribution in [0.4, 0.5) is 0 Å². The Morgan fingerprint density at radius 2 is 1.90 bits per heavy atom. The molecule has 0 amide bonds. The normalized spacial score (nSPS) is 11.7. The lowest BCUT2D eigenvalue weighted by Gasteiger charge is -2.11. The van der Waals surface area contributed by atoms with Gasteiger partial charge in [-0.15, -0.1) is 11.3 Å². The van der Waals surface area contributed by atoms with E-state index in [2.05, 4.69) is 6.92 Å². The maximum atomic E-state index is 13.0. The first kappa shape index (κ1) is 20.0. The molecule has 0 unspecified atom stereocenters. The monoisotopic (exact) mass is 448 g/mol. The average Bonchev–Trinajstić information content (AvgIpc) is 3.20. The van der Waals surface area contributed by atoms with Crippen LogP contribution in [0.1, 0.15) is 24.3 Å². The van der Waals surface area contributed by atoms with Crippen LogP contribution < -0.4 is 11.2 Å². The Balaban J connectivity index is 1.63. The molecule has 0 atom stereocenters. The van der Waals surface area contributed by atoms with Crippen LogP contribution in [0.3, 0.4) is 0 Å². The third kappa shape index (κ3) is 3.47. The molecule has 5 rings (SSSR count). The molecule has 0 radical (unpaired) electrons. The van der Waals surface area contributed by atoms with Crippen LogP contribution in [-0.4, -0.2) is 9.55 Å². The molecule has 0 fully saturated rings. The van der Waals surface area contributed by atoms with Crippen molar-refractivity contribution in [3.8, 4) is 0 Å². The van der Waals surface area contributed by atoms with Crippen molar-refractivity contribution in [3.05, 3.63) is 79.7 Å². The highest BCUT2D eigenvalue weighted by Gasteiger charge is 2.15. The number of aryl methyl sites for hydroxylation is 1. The molecule has 7 heteroatoms. The summed E-state index contributed by atoms with van der Waals surface area (Å²) in [5.41, 5.74) is 1.07. The van der Waals surface area contributed by atoms with E-state index in [9.17, 15) is 9.59 Å². The lowest BCUT2D eigenvalue weighted by atomic mass is 10.0. The number of benzene rings is 2. The molecule has 5 nitrogen and oxygen atoms in total. The fraction of sp³-hybridized carbons (Fsp3) is 0.208. The summed E-state index contributed by atoms with van der Waals surface area (Å²) in [6.07, 6.45) is 0.883. The van der Waals surface area contributed by atoms with Gasteiger partial charge in [-0.25, -0.2) is 9.78 Å². The zero-order valence-electron chi connectivity index (χ0n) is 17.2. The standard InChI is InChI=1S/C24H20N2O3S2/c1-3-16-12-18-22(31-16)25-24(26(4-2)23(18)28)30-13-15-11-20(27)29-19-10-9-14-7-5-6-8-17(14)21(15)19/h5-12H,3-4,13H2,1-2H3. The predicted molar refractivity (Wildman–Crippen MR) is 128 cm³/mol. The Morgan fingerprint density at radius 1 is 1.06 bits per heavy atom. The summed E-state index contributed by atoms with van der Waals surface area (Å²) in [7, 11) is 0. The zero-order chi connectivity index (χ0) is 21.5. The van der Waals surface area contributed by atoms with Gasteiger partial charge in [0.05, 0.1) is 5.39 Å². The van der Waals surface area contributed by atoms with E-state index in [4.69, 9.17) is 9.40 Å². The molecule has 0 spiro atoms. The van der Waals surface area contributed by atoms with Gasteiger partial charge in [-0.2, -0.15) is 0 Å². The van der Waals surface area contributed by atoms with E-state index in [-0.39, 0.29) is 11.2 Å². The molecule has 0 N–H and O–H groups in total. The van der Waals surface area contributed by atoms with Gasteiger partial charge in [0.15, 0.2) is 5.16 Å². The summed E-state index contributed by atoms with van der Waals surface area (Å²) in [6, 6.07) is 15.4. The summed E-state index contributed by atoms with van der Waals surface area (Å²) in [6.45, 7) is 4.57. The first-order chi connectivity index (χ1) is 15.1. The summed E-state index contributed by atoms with van der Waals surface area (Å²) in [5.74, 6) is 0.514. The Kier molecular flexibility index (Phi) is 5.16. The second-order valence-electron chi connectivity index (χ2n) is 7.27. The van der Waals surface area contributed by atoms with E-state index in [1.54, 1.807) is 22.0 Å². The fourth-order valence-electron chi connectivity index (χ4n) is 3.89. The van der Waals surface area contributed by atoms with E-state index in [1.165, 1.54) is 11.8 Å². The number of thioether (sulfide) groups is 1. The number of thiophene rings is 1. The van der Waals surface area contributed by atoms with E-state index < -0.39 is 0 Å². The van der Waals surface area contributed by atoms with Crippen LogP contribution in [0, 0.1) is 0 Å². The van der Waals surface area contributed by atoms with Gasteiger partial charge in [-0.05, 0) is 41.8 Å². The number of fused-ring (bicyclic) bond motifs is 4. The molecule has 0 saturated heterocycles. The van der Waals surface area contributed by atoms with Gasteiger partial charge < -0.3 is 4.42 Å². The highest BCUT2D eigenvalue weighted by Crippen LogP contribution is 2.32. The summed E-state index contributed by atoms with van der Waals surface area (Å²) in [5, 5.41) is 4.42. The van der Waals surface area contributed by atoms with Crippen LogP contribution in [0.2, 0.25) is 0 Å². The fourth-order valence-corrected chi connectivity index (χ4v) is 5.94. The summed E-state index contributed by atoms with van der Waals surface area (Å²) in [4.78, 5) is 31.9. The van der Waals surface area contributed by atoms with Gasteiger partial charge >= 0.3 is 5.63 Å². The molecule has 0 aliphatic rings.